The molecule has 2 heterocycles. The van der Waals surface area contributed by atoms with Crippen molar-refractivity contribution in [3.63, 3.8) is 0 Å². The van der Waals surface area contributed by atoms with E-state index >= 15 is 0 Å². The number of aryl methyl sites for hydroxylation is 1. The van der Waals surface area contributed by atoms with Gasteiger partial charge in [0, 0.05) is 24.6 Å². The minimum atomic E-state index is -4.20. The minimum Gasteiger partial charge on any atom is -0.494 e. The Bertz CT molecular complexity index is 1070. The summed E-state index contributed by atoms with van der Waals surface area (Å²) in [5.41, 5.74) is 7.84. The zero-order chi connectivity index (χ0) is 24.9. The zero-order valence-electron chi connectivity index (χ0n) is 19.0. The summed E-state index contributed by atoms with van der Waals surface area (Å²) in [6.07, 6.45) is -3.12. The van der Waals surface area contributed by atoms with Crippen LogP contribution in [0.1, 0.15) is 43.0 Å². The molecule has 0 aliphatic carbocycles. The van der Waals surface area contributed by atoms with E-state index in [0.29, 0.717) is 29.0 Å². The number of carbonyl (C=O) groups is 2. The summed E-state index contributed by atoms with van der Waals surface area (Å²) < 4.78 is 42.2. The summed E-state index contributed by atoms with van der Waals surface area (Å²) in [5, 5.41) is 5.47. The fourth-order valence-electron chi connectivity index (χ4n) is 3.78. The zero-order valence-corrected chi connectivity index (χ0v) is 19.0. The molecule has 0 saturated carbocycles. The van der Waals surface area contributed by atoms with Crippen molar-refractivity contribution in [1.82, 2.24) is 15.6 Å². The van der Waals surface area contributed by atoms with E-state index < -0.39 is 24.2 Å². The second-order valence-electron chi connectivity index (χ2n) is 8.45. The number of benzene rings is 1. The van der Waals surface area contributed by atoms with Gasteiger partial charge >= 0.3 is 12.2 Å². The van der Waals surface area contributed by atoms with E-state index in [2.05, 4.69) is 15.6 Å². The Hall–Kier alpha value is -3.56. The number of alkyl halides is 3. The van der Waals surface area contributed by atoms with Gasteiger partial charge in [-0.1, -0.05) is 18.2 Å². The Morgan fingerprint density at radius 1 is 1.24 bits per heavy atom. The molecule has 0 unspecified atom stereocenters. The molecule has 34 heavy (non-hydrogen) atoms. The molecule has 7 nitrogen and oxygen atoms in total. The number of nitrogens with one attached hydrogen (secondary N) is 2. The SMILES string of the molecule is Cc1ccc(C2=C(CNC(N)=O)C(=O)N[C@](C)(c3ccc(OCCCC(F)(F)F)cc3)C2)nc1. The fraction of sp³-hybridized carbons (Fsp3) is 0.375. The van der Waals surface area contributed by atoms with Crippen LogP contribution < -0.4 is 21.1 Å². The number of carbonyl (C=O) groups excluding carboxylic acids is 2. The second kappa shape index (κ2) is 10.1. The van der Waals surface area contributed by atoms with Gasteiger partial charge in [0.15, 0.2) is 0 Å². The van der Waals surface area contributed by atoms with Gasteiger partial charge < -0.3 is 21.1 Å². The van der Waals surface area contributed by atoms with Crippen molar-refractivity contribution in [2.75, 3.05) is 13.2 Å². The molecule has 1 aromatic heterocycles. The van der Waals surface area contributed by atoms with Crippen molar-refractivity contribution in [1.29, 1.82) is 0 Å². The Morgan fingerprint density at radius 3 is 2.53 bits per heavy atom. The molecule has 1 aliphatic rings. The molecular formula is C24H27F3N4O3. The van der Waals surface area contributed by atoms with Gasteiger partial charge in [-0.05, 0) is 55.2 Å². The summed E-state index contributed by atoms with van der Waals surface area (Å²) in [5.74, 6) is 0.0892. The number of ether oxygens (including phenoxy) is 1. The monoisotopic (exact) mass is 476 g/mol. The number of pyridine rings is 1. The molecular weight excluding hydrogens is 449 g/mol. The number of hydrogen-bond acceptors (Lipinski definition) is 4. The van der Waals surface area contributed by atoms with E-state index in [0.717, 1.165) is 11.1 Å². The predicted octanol–water partition coefficient (Wildman–Crippen LogP) is 3.97. The molecule has 1 atom stereocenters. The third-order valence-corrected chi connectivity index (χ3v) is 5.58. The Morgan fingerprint density at radius 2 is 1.94 bits per heavy atom. The predicted molar refractivity (Wildman–Crippen MR) is 121 cm³/mol. The first-order valence-electron chi connectivity index (χ1n) is 10.8. The second-order valence-corrected chi connectivity index (χ2v) is 8.45. The Balaban J connectivity index is 1.81. The quantitative estimate of drug-likeness (QED) is 0.501. The number of amides is 3. The molecule has 1 aromatic carbocycles. The van der Waals surface area contributed by atoms with Crippen molar-refractivity contribution >= 4 is 17.5 Å². The van der Waals surface area contributed by atoms with Crippen LogP contribution in [-0.2, 0) is 10.3 Å². The maximum absolute atomic E-state index is 13.1. The van der Waals surface area contributed by atoms with Gasteiger partial charge in [0.2, 0.25) is 5.91 Å². The van der Waals surface area contributed by atoms with Gasteiger partial charge in [-0.3, -0.25) is 9.78 Å². The van der Waals surface area contributed by atoms with Crippen molar-refractivity contribution in [3.8, 4) is 5.75 Å². The van der Waals surface area contributed by atoms with Gasteiger partial charge in [0.25, 0.3) is 0 Å². The summed E-state index contributed by atoms with van der Waals surface area (Å²) in [7, 11) is 0. The topological polar surface area (TPSA) is 106 Å². The van der Waals surface area contributed by atoms with E-state index in [4.69, 9.17) is 10.5 Å². The average Bonchev–Trinajstić information content (AvgIpc) is 2.76. The number of nitrogens with two attached hydrogens (primary N) is 1. The van der Waals surface area contributed by atoms with Crippen LogP contribution in [-0.4, -0.2) is 36.3 Å². The van der Waals surface area contributed by atoms with Crippen LogP contribution in [0.15, 0.2) is 48.2 Å². The third-order valence-electron chi connectivity index (χ3n) is 5.58. The highest BCUT2D eigenvalue weighted by Crippen LogP contribution is 2.38. The highest BCUT2D eigenvalue weighted by Gasteiger charge is 2.37. The number of nitrogens with zero attached hydrogens (tertiary/aromatic N) is 1. The first-order valence-corrected chi connectivity index (χ1v) is 10.8. The summed E-state index contributed by atoms with van der Waals surface area (Å²) in [4.78, 5) is 28.8. The highest BCUT2D eigenvalue weighted by molar-refractivity contribution is 6.04. The Kier molecular flexibility index (Phi) is 7.48. The fourth-order valence-corrected chi connectivity index (χ4v) is 3.78. The molecule has 0 saturated heterocycles. The molecule has 4 N–H and O–H groups in total. The number of urea groups is 1. The molecule has 0 spiro atoms. The van der Waals surface area contributed by atoms with E-state index in [9.17, 15) is 22.8 Å². The molecule has 2 aromatic rings. The Labute approximate surface area is 195 Å². The number of aromatic nitrogens is 1. The lowest BCUT2D eigenvalue weighted by Gasteiger charge is -2.37. The lowest BCUT2D eigenvalue weighted by Crippen LogP contribution is -2.49. The standard InChI is InChI=1S/C24H27F3N4O3/c1-15-4-9-20(29-13-15)18-12-23(2,31-21(32)19(18)14-30-22(28)33)16-5-7-17(8-6-16)34-11-3-10-24(25,26)27/h4-9,13H,3,10-12,14H2,1-2H3,(H,31,32)(H3,28,30,33)/t23-/m0/s1. The molecule has 10 heteroatoms. The van der Waals surface area contributed by atoms with Gasteiger partial charge in [-0.2, -0.15) is 13.2 Å². The van der Waals surface area contributed by atoms with E-state index in [1.54, 1.807) is 30.5 Å². The van der Waals surface area contributed by atoms with Crippen LogP contribution in [0.5, 0.6) is 5.75 Å². The number of halogens is 3. The molecule has 1 aliphatic heterocycles. The molecule has 0 radical (unpaired) electrons. The molecule has 3 amide bonds. The van der Waals surface area contributed by atoms with Crippen molar-refractivity contribution in [2.45, 2.75) is 44.8 Å². The van der Waals surface area contributed by atoms with Crippen molar-refractivity contribution < 1.29 is 27.5 Å². The van der Waals surface area contributed by atoms with Gasteiger partial charge in [0.05, 0.1) is 24.4 Å². The summed E-state index contributed by atoms with van der Waals surface area (Å²) >= 11 is 0. The summed E-state index contributed by atoms with van der Waals surface area (Å²) in [6, 6.07) is 9.85. The normalized spacial score (nSPS) is 18.4. The van der Waals surface area contributed by atoms with Crippen molar-refractivity contribution in [2.24, 2.45) is 5.73 Å². The number of hydrogen-bond donors (Lipinski definition) is 3. The smallest absolute Gasteiger partial charge is 0.389 e. The lowest BCUT2D eigenvalue weighted by molar-refractivity contribution is -0.136. The van der Waals surface area contributed by atoms with Crippen LogP contribution in [0.25, 0.3) is 5.57 Å². The van der Waals surface area contributed by atoms with Crippen LogP contribution in [0.3, 0.4) is 0 Å². The summed E-state index contributed by atoms with van der Waals surface area (Å²) in [6.45, 7) is 3.70. The molecule has 3 rings (SSSR count). The number of primary amides is 1. The number of rotatable bonds is 8. The molecule has 0 fully saturated rings. The highest BCUT2D eigenvalue weighted by atomic mass is 19.4. The van der Waals surface area contributed by atoms with Gasteiger partial charge in [0.1, 0.15) is 5.75 Å². The first-order chi connectivity index (χ1) is 16.0. The third kappa shape index (κ3) is 6.49. The lowest BCUT2D eigenvalue weighted by atomic mass is 9.79. The van der Waals surface area contributed by atoms with Gasteiger partial charge in [-0.25, -0.2) is 4.79 Å². The largest absolute Gasteiger partial charge is 0.494 e. The minimum absolute atomic E-state index is 0.0349. The van der Waals surface area contributed by atoms with Crippen LogP contribution >= 0.6 is 0 Å². The first kappa shape index (κ1) is 25.1. The maximum atomic E-state index is 13.1. The van der Waals surface area contributed by atoms with E-state index in [-0.39, 0.29) is 25.5 Å². The molecule has 182 valence electrons. The van der Waals surface area contributed by atoms with E-state index in [1.165, 1.54) is 0 Å². The van der Waals surface area contributed by atoms with Crippen LogP contribution in [0, 0.1) is 6.92 Å². The van der Waals surface area contributed by atoms with Crippen molar-refractivity contribution in [3.05, 3.63) is 65.0 Å². The van der Waals surface area contributed by atoms with Crippen LogP contribution in [0.2, 0.25) is 0 Å². The van der Waals surface area contributed by atoms with E-state index in [1.807, 2.05) is 26.0 Å². The maximum Gasteiger partial charge on any atom is 0.389 e. The average molecular weight is 476 g/mol. The van der Waals surface area contributed by atoms with Gasteiger partial charge in [-0.15, -0.1) is 0 Å². The van der Waals surface area contributed by atoms with Crippen LogP contribution in [0.4, 0.5) is 18.0 Å². The molecule has 0 bridgehead atoms.